The largest absolute Gasteiger partial charge is 0.420 e. The first-order valence-electron chi connectivity index (χ1n) is 9.90. The first kappa shape index (κ1) is 11.8. The molecule has 0 saturated carbocycles. The molecule has 126 valence electrons. The van der Waals surface area contributed by atoms with E-state index in [1.807, 2.05) is 0 Å². The number of hydrogen-bond acceptors (Lipinski definition) is 4. The lowest BCUT2D eigenvalue weighted by molar-refractivity contribution is 0.148. The maximum Gasteiger partial charge on any atom is 0.247 e. The van der Waals surface area contributed by atoms with Gasteiger partial charge in [-0.1, -0.05) is 47.9 Å². The number of halogens is 1. The molecule has 0 amide bonds. The summed E-state index contributed by atoms with van der Waals surface area (Å²) in [6.45, 7) is 8.61. The smallest absolute Gasteiger partial charge is 0.247 e. The minimum absolute atomic E-state index is 0.0530. The highest BCUT2D eigenvalue weighted by molar-refractivity contribution is 6.33. The molecule has 0 spiro atoms. The van der Waals surface area contributed by atoms with Crippen LogP contribution in [-0.4, -0.2) is 21.4 Å². The van der Waals surface area contributed by atoms with Crippen molar-refractivity contribution in [2.24, 2.45) is 0 Å². The van der Waals surface area contributed by atoms with Crippen molar-refractivity contribution in [3.8, 4) is 11.5 Å². The molecule has 25 heavy (non-hydrogen) atoms. The summed E-state index contributed by atoms with van der Waals surface area (Å²) in [5.74, 6) is -0.808. The van der Waals surface area contributed by atoms with Crippen molar-refractivity contribution in [3.63, 3.8) is 0 Å². The SMILES string of the molecule is [2H]c1c([2H])c([2H])c(-c2nnc([C@H](Cc3ccc([N+]#[C-])c(Cl)c3)[C@H](C)O)o2)c([2H])c1[2H]. The van der Waals surface area contributed by atoms with Crippen LogP contribution in [0.1, 0.15) is 31.1 Å². The molecule has 0 saturated heterocycles. The molecule has 1 aromatic heterocycles. The normalized spacial score (nSPS) is 16.0. The van der Waals surface area contributed by atoms with Crippen molar-refractivity contribution < 1.29 is 16.4 Å². The van der Waals surface area contributed by atoms with Crippen molar-refractivity contribution in [2.75, 3.05) is 0 Å². The molecule has 6 heteroatoms. The number of nitrogens with zero attached hydrogens (tertiary/aromatic N) is 3. The molecule has 1 N–H and O–H groups in total. The van der Waals surface area contributed by atoms with Gasteiger partial charge in [0.15, 0.2) is 0 Å². The molecule has 0 aliphatic carbocycles. The van der Waals surface area contributed by atoms with Crippen LogP contribution in [0.4, 0.5) is 5.69 Å². The second-order valence-corrected chi connectivity index (χ2v) is 5.80. The monoisotopic (exact) mass is 358 g/mol. The fourth-order valence-corrected chi connectivity index (χ4v) is 2.57. The second kappa shape index (κ2) is 7.47. The summed E-state index contributed by atoms with van der Waals surface area (Å²) in [5.41, 5.74) is 0.852. The van der Waals surface area contributed by atoms with E-state index in [0.717, 1.165) is 5.56 Å². The highest BCUT2D eigenvalue weighted by Crippen LogP contribution is 2.30. The number of aromatic nitrogens is 2. The van der Waals surface area contributed by atoms with Crippen molar-refractivity contribution in [1.82, 2.24) is 10.2 Å². The Morgan fingerprint density at radius 1 is 1.32 bits per heavy atom. The molecule has 3 rings (SSSR count). The molecule has 0 aliphatic heterocycles. The molecule has 0 bridgehead atoms. The lowest BCUT2D eigenvalue weighted by Gasteiger charge is -2.16. The maximum absolute atomic E-state index is 10.2. The Bertz CT molecular complexity index is 1130. The molecular formula is C19H16ClN3O2. The van der Waals surface area contributed by atoms with E-state index < -0.39 is 42.2 Å². The van der Waals surface area contributed by atoms with E-state index in [-0.39, 0.29) is 28.8 Å². The summed E-state index contributed by atoms with van der Waals surface area (Å²) in [6, 6.07) is 2.47. The maximum atomic E-state index is 10.2. The Hall–Kier alpha value is -2.68. The zero-order valence-electron chi connectivity index (χ0n) is 18.2. The van der Waals surface area contributed by atoms with Crippen LogP contribution in [-0.2, 0) is 6.42 Å². The summed E-state index contributed by atoms with van der Waals surface area (Å²) in [7, 11) is 0. The number of rotatable bonds is 5. The molecule has 0 radical (unpaired) electrons. The van der Waals surface area contributed by atoms with E-state index in [4.69, 9.17) is 29.4 Å². The van der Waals surface area contributed by atoms with Crippen LogP contribution in [0.25, 0.3) is 16.3 Å². The van der Waals surface area contributed by atoms with E-state index in [1.54, 1.807) is 25.1 Å². The quantitative estimate of drug-likeness (QED) is 0.674. The average Bonchev–Trinajstić information content (AvgIpc) is 3.18. The zero-order valence-corrected chi connectivity index (χ0v) is 13.9. The zero-order chi connectivity index (χ0) is 22.2. The first-order valence-corrected chi connectivity index (χ1v) is 7.78. The highest BCUT2D eigenvalue weighted by Gasteiger charge is 2.25. The molecule has 3 aromatic rings. The molecular weight excluding hydrogens is 338 g/mol. The van der Waals surface area contributed by atoms with Crippen LogP contribution in [0.3, 0.4) is 0 Å². The number of aliphatic hydroxyl groups excluding tert-OH is 1. The van der Waals surface area contributed by atoms with Crippen LogP contribution in [0.2, 0.25) is 5.02 Å². The van der Waals surface area contributed by atoms with Crippen molar-refractivity contribution in [1.29, 1.82) is 0 Å². The lowest BCUT2D eigenvalue weighted by atomic mass is 9.94. The van der Waals surface area contributed by atoms with Gasteiger partial charge < -0.3 is 9.52 Å². The van der Waals surface area contributed by atoms with Gasteiger partial charge in [0.05, 0.1) is 25.4 Å². The first-order chi connectivity index (χ1) is 14.1. The fourth-order valence-electron chi connectivity index (χ4n) is 2.33. The second-order valence-electron chi connectivity index (χ2n) is 5.39. The van der Waals surface area contributed by atoms with Crippen LogP contribution in [0.15, 0.2) is 52.8 Å². The van der Waals surface area contributed by atoms with E-state index in [1.165, 1.54) is 0 Å². The van der Waals surface area contributed by atoms with Gasteiger partial charge in [0, 0.05) is 10.6 Å². The van der Waals surface area contributed by atoms with Gasteiger partial charge in [0.2, 0.25) is 17.5 Å². The summed E-state index contributed by atoms with van der Waals surface area (Å²) in [4.78, 5) is 3.31. The third kappa shape index (κ3) is 3.87. The number of hydrogen-bond donors (Lipinski definition) is 1. The molecule has 0 fully saturated rings. The lowest BCUT2D eigenvalue weighted by Crippen LogP contribution is -2.17. The third-order valence-electron chi connectivity index (χ3n) is 3.64. The molecule has 2 aromatic carbocycles. The summed E-state index contributed by atoms with van der Waals surface area (Å²) in [6.07, 6.45) is -0.615. The van der Waals surface area contributed by atoms with Gasteiger partial charge >= 0.3 is 0 Å². The van der Waals surface area contributed by atoms with E-state index in [2.05, 4.69) is 15.0 Å². The minimum atomic E-state index is -0.891. The Morgan fingerprint density at radius 3 is 2.72 bits per heavy atom. The molecule has 2 atom stereocenters. The van der Waals surface area contributed by atoms with Gasteiger partial charge in [-0.3, -0.25) is 0 Å². The van der Waals surface area contributed by atoms with Gasteiger partial charge in [-0.05, 0) is 31.0 Å². The van der Waals surface area contributed by atoms with Crippen LogP contribution in [0.5, 0.6) is 0 Å². The van der Waals surface area contributed by atoms with Crippen LogP contribution >= 0.6 is 11.6 Å². The van der Waals surface area contributed by atoms with E-state index >= 15 is 0 Å². The summed E-state index contributed by atoms with van der Waals surface area (Å²) < 4.78 is 44.9. The summed E-state index contributed by atoms with van der Waals surface area (Å²) in [5, 5.41) is 18.3. The molecule has 1 heterocycles. The Morgan fingerprint density at radius 2 is 2.08 bits per heavy atom. The van der Waals surface area contributed by atoms with Gasteiger partial charge in [-0.25, -0.2) is 4.85 Å². The van der Waals surface area contributed by atoms with Gasteiger partial charge in [-0.2, -0.15) is 0 Å². The van der Waals surface area contributed by atoms with Crippen molar-refractivity contribution in [3.05, 3.63) is 76.3 Å². The van der Waals surface area contributed by atoms with Crippen molar-refractivity contribution >= 4 is 17.3 Å². The summed E-state index contributed by atoms with van der Waals surface area (Å²) >= 11 is 6.08. The van der Waals surface area contributed by atoms with Gasteiger partial charge in [0.1, 0.15) is 0 Å². The standard InChI is InChI=1S/C19H16ClN3O2/c1-12(24)15(10-13-8-9-17(21-2)16(20)11-13)19-23-22-18(25-19)14-6-4-3-5-7-14/h3-9,11-12,15,24H,10H2,1H3/t12-,15+/m0/s1/i3D,4D,5D,6D,7D. The van der Waals surface area contributed by atoms with E-state index in [9.17, 15) is 5.11 Å². The van der Waals surface area contributed by atoms with Gasteiger partial charge in [0.25, 0.3) is 0 Å². The van der Waals surface area contributed by atoms with Gasteiger partial charge in [-0.15, -0.1) is 10.2 Å². The van der Waals surface area contributed by atoms with E-state index in [0.29, 0.717) is 5.69 Å². The highest BCUT2D eigenvalue weighted by atomic mass is 35.5. The Balaban J connectivity index is 1.99. The topological polar surface area (TPSA) is 63.5 Å². The van der Waals surface area contributed by atoms with Crippen LogP contribution < -0.4 is 0 Å². The molecule has 0 aliphatic rings. The predicted molar refractivity (Wildman–Crippen MR) is 95.6 cm³/mol. The number of benzene rings is 2. The third-order valence-corrected chi connectivity index (χ3v) is 3.94. The minimum Gasteiger partial charge on any atom is -0.420 e. The predicted octanol–water partition coefficient (Wildman–Crippen LogP) is 4.65. The Kier molecular flexibility index (Phi) is 3.53. The fraction of sp³-hybridized carbons (Fsp3) is 0.211. The number of aliphatic hydroxyl groups is 1. The van der Waals surface area contributed by atoms with Crippen molar-refractivity contribution in [2.45, 2.75) is 25.4 Å². The van der Waals surface area contributed by atoms with Crippen LogP contribution in [0, 0.1) is 6.57 Å². The average molecular weight is 359 g/mol. The molecule has 0 unspecified atom stereocenters. The Labute approximate surface area is 157 Å². The molecule has 5 nitrogen and oxygen atoms in total.